The lowest BCUT2D eigenvalue weighted by Crippen LogP contribution is -2.01. The fraction of sp³-hybridized carbons (Fsp3) is 0. The Balaban J connectivity index is 2.04. The highest BCUT2D eigenvalue weighted by Crippen LogP contribution is 2.31. The molecule has 2 aromatic heterocycles. The van der Waals surface area contributed by atoms with E-state index in [9.17, 15) is 15.0 Å². The molecule has 0 aliphatic carbocycles. The minimum atomic E-state index is -1.19. The van der Waals surface area contributed by atoms with E-state index in [4.69, 9.17) is 0 Å². The fourth-order valence-corrected chi connectivity index (χ4v) is 2.85. The van der Waals surface area contributed by atoms with E-state index in [0.717, 1.165) is 16.3 Å². The van der Waals surface area contributed by atoms with Crippen LogP contribution in [0.5, 0.6) is 5.75 Å². The smallest absolute Gasteiger partial charge is 0.340 e. The molecule has 0 spiro atoms. The topological polar surface area (TPSA) is 83.3 Å². The van der Waals surface area contributed by atoms with E-state index in [0.29, 0.717) is 16.8 Å². The van der Waals surface area contributed by atoms with Gasteiger partial charge in [0.05, 0.1) is 16.7 Å². The summed E-state index contributed by atoms with van der Waals surface area (Å²) in [5.41, 5.74) is 2.16. The van der Waals surface area contributed by atoms with Crippen LogP contribution in [0.25, 0.3) is 33.1 Å². The van der Waals surface area contributed by atoms with E-state index in [1.165, 1.54) is 6.07 Å². The quantitative estimate of drug-likeness (QED) is 0.549. The molecule has 0 radical (unpaired) electrons. The maximum Gasteiger partial charge on any atom is 0.340 e. The van der Waals surface area contributed by atoms with Gasteiger partial charge in [-0.25, -0.2) is 9.78 Å². The summed E-state index contributed by atoms with van der Waals surface area (Å²) in [4.78, 5) is 20.5. The van der Waals surface area contributed by atoms with Gasteiger partial charge in [-0.1, -0.05) is 36.4 Å². The van der Waals surface area contributed by atoms with E-state index in [2.05, 4.69) is 9.97 Å². The number of aromatic nitrogens is 2. The summed E-state index contributed by atoms with van der Waals surface area (Å²) in [6.45, 7) is 0. The summed E-state index contributed by atoms with van der Waals surface area (Å²) in [7, 11) is 0. The van der Waals surface area contributed by atoms with Crippen LogP contribution in [0.4, 0.5) is 0 Å². The molecule has 0 aliphatic rings. The van der Waals surface area contributed by atoms with Gasteiger partial charge >= 0.3 is 5.97 Å². The van der Waals surface area contributed by atoms with Gasteiger partial charge in [0.1, 0.15) is 11.3 Å². The maximum atomic E-state index is 11.5. The first-order valence-electron chi connectivity index (χ1n) is 7.35. The number of phenols is 1. The third kappa shape index (κ3) is 2.14. The van der Waals surface area contributed by atoms with E-state index in [1.807, 2.05) is 30.3 Å². The van der Waals surface area contributed by atoms with Crippen molar-refractivity contribution in [3.8, 4) is 17.0 Å². The summed E-state index contributed by atoms with van der Waals surface area (Å²) in [5.74, 6) is -1.47. The molecule has 0 atom stereocenters. The molecular formula is C19H12N2O3. The van der Waals surface area contributed by atoms with Crippen LogP contribution < -0.4 is 0 Å². The van der Waals surface area contributed by atoms with Crippen LogP contribution >= 0.6 is 0 Å². The van der Waals surface area contributed by atoms with Gasteiger partial charge in [-0.3, -0.25) is 4.98 Å². The Bertz CT molecular complexity index is 1110. The monoisotopic (exact) mass is 316 g/mol. The molecule has 24 heavy (non-hydrogen) atoms. The second-order valence-electron chi connectivity index (χ2n) is 5.41. The Morgan fingerprint density at radius 3 is 2.42 bits per heavy atom. The Labute approximate surface area is 136 Å². The number of pyridine rings is 2. The summed E-state index contributed by atoms with van der Waals surface area (Å²) < 4.78 is 0. The number of carboxylic acid groups (broad SMARTS) is 1. The van der Waals surface area contributed by atoms with Crippen LogP contribution in [0.2, 0.25) is 0 Å². The van der Waals surface area contributed by atoms with E-state index >= 15 is 0 Å². The minimum Gasteiger partial charge on any atom is -0.507 e. The first-order valence-corrected chi connectivity index (χ1v) is 7.35. The number of benzene rings is 2. The van der Waals surface area contributed by atoms with Crippen LogP contribution in [0.3, 0.4) is 0 Å². The first kappa shape index (κ1) is 14.1. The van der Waals surface area contributed by atoms with Gasteiger partial charge in [-0.05, 0) is 18.2 Å². The predicted octanol–water partition coefficient (Wildman–Crippen LogP) is 3.85. The third-order valence-electron chi connectivity index (χ3n) is 3.96. The molecule has 4 rings (SSSR count). The zero-order valence-corrected chi connectivity index (χ0v) is 12.5. The number of aromatic carboxylic acids is 1. The van der Waals surface area contributed by atoms with Crippen molar-refractivity contribution in [1.82, 2.24) is 9.97 Å². The van der Waals surface area contributed by atoms with Gasteiger partial charge in [0.2, 0.25) is 0 Å². The average molecular weight is 316 g/mol. The molecule has 0 bridgehead atoms. The molecule has 2 N–H and O–H groups in total. The Morgan fingerprint density at radius 1 is 0.875 bits per heavy atom. The Morgan fingerprint density at radius 2 is 1.62 bits per heavy atom. The SMILES string of the molecule is O=C(O)c1c(O)cccc1-c1ccc2ccc3cccnc3c2n1. The third-order valence-corrected chi connectivity index (χ3v) is 3.96. The van der Waals surface area contributed by atoms with Gasteiger partial charge in [-0.15, -0.1) is 0 Å². The number of fused-ring (bicyclic) bond motifs is 3. The van der Waals surface area contributed by atoms with Crippen molar-refractivity contribution in [1.29, 1.82) is 0 Å². The zero-order chi connectivity index (χ0) is 16.7. The summed E-state index contributed by atoms with van der Waals surface area (Å²) in [5, 5.41) is 21.2. The molecule has 2 heterocycles. The summed E-state index contributed by atoms with van der Waals surface area (Å²) in [6.07, 6.45) is 1.70. The molecule has 5 heteroatoms. The predicted molar refractivity (Wildman–Crippen MR) is 91.1 cm³/mol. The van der Waals surface area contributed by atoms with Gasteiger partial charge < -0.3 is 10.2 Å². The zero-order valence-electron chi connectivity index (χ0n) is 12.5. The molecule has 4 aromatic rings. The van der Waals surface area contributed by atoms with Crippen LogP contribution in [0, 0.1) is 0 Å². The molecule has 0 unspecified atom stereocenters. The molecule has 5 nitrogen and oxygen atoms in total. The van der Waals surface area contributed by atoms with Crippen molar-refractivity contribution in [3.05, 3.63) is 66.4 Å². The van der Waals surface area contributed by atoms with Crippen molar-refractivity contribution in [2.24, 2.45) is 0 Å². The Hall–Kier alpha value is -3.47. The number of aromatic hydroxyl groups is 1. The molecule has 116 valence electrons. The van der Waals surface area contributed by atoms with Crippen LogP contribution in [0.1, 0.15) is 10.4 Å². The first-order chi connectivity index (χ1) is 11.6. The number of hydrogen-bond acceptors (Lipinski definition) is 4. The molecule has 0 aliphatic heterocycles. The molecule has 0 fully saturated rings. The highest BCUT2D eigenvalue weighted by molar-refractivity contribution is 6.04. The standard InChI is InChI=1S/C19H12N2O3/c22-15-5-1-4-13(16(15)19(23)24)14-9-8-12-7-6-11-3-2-10-20-17(11)18(12)21-14/h1-10,22H,(H,23,24). The number of nitrogens with zero attached hydrogens (tertiary/aromatic N) is 2. The Kier molecular flexibility index (Phi) is 3.13. The van der Waals surface area contributed by atoms with Gasteiger partial charge in [-0.2, -0.15) is 0 Å². The molecular weight excluding hydrogens is 304 g/mol. The van der Waals surface area contributed by atoms with Crippen molar-refractivity contribution in [3.63, 3.8) is 0 Å². The normalized spacial score (nSPS) is 11.0. The second-order valence-corrected chi connectivity index (χ2v) is 5.41. The van der Waals surface area contributed by atoms with Crippen molar-refractivity contribution >= 4 is 27.8 Å². The largest absolute Gasteiger partial charge is 0.507 e. The molecule has 0 amide bonds. The summed E-state index contributed by atoms with van der Waals surface area (Å²) in [6, 6.07) is 16.0. The van der Waals surface area contributed by atoms with Crippen LogP contribution in [0.15, 0.2) is 60.8 Å². The number of hydrogen-bond donors (Lipinski definition) is 2. The van der Waals surface area contributed by atoms with Crippen molar-refractivity contribution < 1.29 is 15.0 Å². The van der Waals surface area contributed by atoms with Crippen molar-refractivity contribution in [2.75, 3.05) is 0 Å². The highest BCUT2D eigenvalue weighted by atomic mass is 16.4. The van der Waals surface area contributed by atoms with Gasteiger partial charge in [0, 0.05) is 22.5 Å². The molecule has 2 aromatic carbocycles. The lowest BCUT2D eigenvalue weighted by Gasteiger charge is -2.09. The van der Waals surface area contributed by atoms with Gasteiger partial charge in [0.15, 0.2) is 0 Å². The van der Waals surface area contributed by atoms with Crippen LogP contribution in [-0.2, 0) is 0 Å². The number of carbonyl (C=O) groups is 1. The van der Waals surface area contributed by atoms with E-state index in [1.54, 1.807) is 24.4 Å². The summed E-state index contributed by atoms with van der Waals surface area (Å²) >= 11 is 0. The lowest BCUT2D eigenvalue weighted by molar-refractivity contribution is 0.0694. The fourth-order valence-electron chi connectivity index (χ4n) is 2.85. The molecule has 0 saturated heterocycles. The highest BCUT2D eigenvalue weighted by Gasteiger charge is 2.17. The number of carboxylic acids is 1. The van der Waals surface area contributed by atoms with Crippen molar-refractivity contribution in [2.45, 2.75) is 0 Å². The minimum absolute atomic E-state index is 0.155. The second kappa shape index (κ2) is 5.31. The van der Waals surface area contributed by atoms with Gasteiger partial charge in [0.25, 0.3) is 0 Å². The maximum absolute atomic E-state index is 11.5. The van der Waals surface area contributed by atoms with Crippen LogP contribution in [-0.4, -0.2) is 26.2 Å². The van der Waals surface area contributed by atoms with E-state index in [-0.39, 0.29) is 11.3 Å². The lowest BCUT2D eigenvalue weighted by atomic mass is 10.0. The van der Waals surface area contributed by atoms with E-state index < -0.39 is 5.97 Å². The number of rotatable bonds is 2. The molecule has 0 saturated carbocycles. The average Bonchev–Trinajstić information content (AvgIpc) is 2.60.